The van der Waals surface area contributed by atoms with Crippen LogP contribution >= 0.6 is 0 Å². The lowest BCUT2D eigenvalue weighted by Crippen LogP contribution is -2.24. The van der Waals surface area contributed by atoms with Crippen molar-refractivity contribution >= 4 is 22.5 Å². The highest BCUT2D eigenvalue weighted by molar-refractivity contribution is 5.80. The monoisotopic (exact) mass is 375 g/mol. The van der Waals surface area contributed by atoms with E-state index in [1.54, 1.807) is 36.7 Å². The van der Waals surface area contributed by atoms with Crippen molar-refractivity contribution in [1.29, 1.82) is 0 Å². The molecule has 3 heterocycles. The number of ether oxygens (including phenoxy) is 1. The number of hydrogen-bond acceptors (Lipinski definition) is 6. The van der Waals surface area contributed by atoms with Crippen LogP contribution < -0.4 is 5.56 Å². The third kappa shape index (κ3) is 3.07. The van der Waals surface area contributed by atoms with Crippen molar-refractivity contribution in [2.75, 3.05) is 7.11 Å². The van der Waals surface area contributed by atoms with Gasteiger partial charge in [-0.1, -0.05) is 18.2 Å². The molecule has 0 radical (unpaired) electrons. The Hall–Kier alpha value is -3.74. The number of methoxy groups -OCH3 is 1. The fourth-order valence-electron chi connectivity index (χ4n) is 3.34. The zero-order valence-electron chi connectivity index (χ0n) is 15.1. The number of benzene rings is 1. The van der Waals surface area contributed by atoms with Crippen LogP contribution in [0.5, 0.6) is 5.88 Å². The number of hydrogen-bond donors (Lipinski definition) is 1. The number of carbonyl (C=O) groups is 1. The van der Waals surface area contributed by atoms with E-state index < -0.39 is 23.3 Å². The van der Waals surface area contributed by atoms with Gasteiger partial charge in [0.1, 0.15) is 5.65 Å². The van der Waals surface area contributed by atoms with Crippen LogP contribution in [-0.4, -0.2) is 32.6 Å². The van der Waals surface area contributed by atoms with Gasteiger partial charge in [0.15, 0.2) is 0 Å². The number of esters is 1. The quantitative estimate of drug-likeness (QED) is 0.551. The number of rotatable bonds is 4. The highest BCUT2D eigenvalue weighted by atomic mass is 16.5. The smallest absolute Gasteiger partial charge is 0.306 e. The van der Waals surface area contributed by atoms with Gasteiger partial charge in [0, 0.05) is 23.7 Å². The Morgan fingerprint density at radius 2 is 2.07 bits per heavy atom. The van der Waals surface area contributed by atoms with E-state index in [9.17, 15) is 14.7 Å². The van der Waals surface area contributed by atoms with E-state index in [4.69, 9.17) is 4.74 Å². The number of carbonyl (C=O) groups excluding carboxylic acids is 1. The highest BCUT2D eigenvalue weighted by Gasteiger charge is 2.27. The van der Waals surface area contributed by atoms with Crippen molar-refractivity contribution in [3.05, 3.63) is 82.4 Å². The second-order valence-corrected chi connectivity index (χ2v) is 6.37. The van der Waals surface area contributed by atoms with Crippen LogP contribution in [0.15, 0.2) is 65.7 Å². The Bertz CT molecular complexity index is 1250. The van der Waals surface area contributed by atoms with E-state index in [0.717, 1.165) is 10.9 Å². The van der Waals surface area contributed by atoms with Gasteiger partial charge in [-0.2, -0.15) is 4.98 Å². The van der Waals surface area contributed by atoms with Crippen LogP contribution in [-0.2, 0) is 9.53 Å². The third-order valence-electron chi connectivity index (χ3n) is 4.73. The Morgan fingerprint density at radius 1 is 1.21 bits per heavy atom. The zero-order valence-corrected chi connectivity index (χ0v) is 15.1. The summed E-state index contributed by atoms with van der Waals surface area (Å²) in [6.07, 6.45) is 3.16. The van der Waals surface area contributed by atoms with Gasteiger partial charge in [0.25, 0.3) is 5.56 Å². The van der Waals surface area contributed by atoms with Gasteiger partial charge in [0.05, 0.1) is 24.6 Å². The summed E-state index contributed by atoms with van der Waals surface area (Å²) < 4.78 is 6.17. The molecule has 0 aliphatic carbocycles. The molecule has 0 aliphatic rings. The number of aromatic hydroxyl groups is 1. The van der Waals surface area contributed by atoms with Crippen LogP contribution in [0, 0.1) is 0 Å². The molecule has 0 bridgehead atoms. The molecule has 7 nitrogen and oxygen atoms in total. The van der Waals surface area contributed by atoms with Crippen LogP contribution in [0.4, 0.5) is 0 Å². The molecular weight excluding hydrogens is 358 g/mol. The second kappa shape index (κ2) is 7.11. The first-order chi connectivity index (χ1) is 13.6. The Kier molecular flexibility index (Phi) is 4.49. The summed E-state index contributed by atoms with van der Waals surface area (Å²) in [4.78, 5) is 33.6. The van der Waals surface area contributed by atoms with Crippen LogP contribution in [0.3, 0.4) is 0 Å². The highest BCUT2D eigenvalue weighted by Crippen LogP contribution is 2.32. The maximum atomic E-state index is 13.1. The fraction of sp³-hybridized carbons (Fsp3) is 0.143. The SMILES string of the molecule is COC(=O)CC(c1ccc2ncccc2c1)c1c(O)nc2ccccn2c1=O. The summed E-state index contributed by atoms with van der Waals surface area (Å²) in [6.45, 7) is 0. The number of nitrogens with zero attached hydrogens (tertiary/aromatic N) is 3. The first-order valence-electron chi connectivity index (χ1n) is 8.70. The molecule has 0 aliphatic heterocycles. The summed E-state index contributed by atoms with van der Waals surface area (Å²) in [5.41, 5.74) is 1.44. The zero-order chi connectivity index (χ0) is 19.7. The van der Waals surface area contributed by atoms with E-state index in [0.29, 0.717) is 11.2 Å². The Labute approximate surface area is 159 Å². The van der Waals surface area contributed by atoms with E-state index in [-0.39, 0.29) is 12.0 Å². The van der Waals surface area contributed by atoms with Gasteiger partial charge in [-0.05, 0) is 35.9 Å². The molecule has 0 saturated heterocycles. The van der Waals surface area contributed by atoms with E-state index in [2.05, 4.69) is 9.97 Å². The molecule has 3 aromatic heterocycles. The lowest BCUT2D eigenvalue weighted by Gasteiger charge is -2.18. The first-order valence-corrected chi connectivity index (χ1v) is 8.70. The number of pyridine rings is 2. The van der Waals surface area contributed by atoms with Gasteiger partial charge in [-0.15, -0.1) is 0 Å². The molecule has 4 aromatic rings. The molecular formula is C21H17N3O4. The summed E-state index contributed by atoms with van der Waals surface area (Å²) in [6, 6.07) is 14.2. The Morgan fingerprint density at radius 3 is 2.89 bits per heavy atom. The standard InChI is InChI=1S/C21H17N3O4/c1-28-18(25)12-15(13-7-8-16-14(11-13)5-4-9-22-16)19-20(26)23-17-6-2-3-10-24(17)21(19)27/h2-11,15,26H,12H2,1H3. The molecule has 1 atom stereocenters. The molecule has 1 N–H and O–H groups in total. The van der Waals surface area contributed by atoms with Crippen molar-refractivity contribution < 1.29 is 14.6 Å². The molecule has 7 heteroatoms. The van der Waals surface area contributed by atoms with Gasteiger partial charge in [0.2, 0.25) is 5.88 Å². The van der Waals surface area contributed by atoms with Crippen LogP contribution in [0.1, 0.15) is 23.5 Å². The average Bonchev–Trinajstić information content (AvgIpc) is 2.72. The van der Waals surface area contributed by atoms with E-state index in [1.807, 2.05) is 24.3 Å². The third-order valence-corrected chi connectivity index (χ3v) is 4.73. The van der Waals surface area contributed by atoms with Crippen molar-refractivity contribution in [3.63, 3.8) is 0 Å². The molecule has 28 heavy (non-hydrogen) atoms. The van der Waals surface area contributed by atoms with Crippen molar-refractivity contribution in [2.45, 2.75) is 12.3 Å². The van der Waals surface area contributed by atoms with Gasteiger partial charge in [-0.25, -0.2) is 0 Å². The summed E-state index contributed by atoms with van der Waals surface area (Å²) in [7, 11) is 1.29. The topological polar surface area (TPSA) is 93.8 Å². The molecule has 4 rings (SSSR count). The summed E-state index contributed by atoms with van der Waals surface area (Å²) in [5, 5.41) is 11.4. The number of fused-ring (bicyclic) bond motifs is 2. The first kappa shape index (κ1) is 17.7. The van der Waals surface area contributed by atoms with Crippen LogP contribution in [0.25, 0.3) is 16.6 Å². The average molecular weight is 375 g/mol. The lowest BCUT2D eigenvalue weighted by molar-refractivity contribution is -0.140. The molecule has 1 unspecified atom stereocenters. The summed E-state index contributed by atoms with van der Waals surface area (Å²) in [5.74, 6) is -1.60. The van der Waals surface area contributed by atoms with Gasteiger partial charge >= 0.3 is 5.97 Å². The second-order valence-electron chi connectivity index (χ2n) is 6.37. The van der Waals surface area contributed by atoms with E-state index in [1.165, 1.54) is 11.5 Å². The lowest BCUT2D eigenvalue weighted by atomic mass is 9.88. The van der Waals surface area contributed by atoms with Crippen molar-refractivity contribution in [1.82, 2.24) is 14.4 Å². The predicted octanol–water partition coefficient (Wildman–Crippen LogP) is 2.64. The van der Waals surface area contributed by atoms with Crippen molar-refractivity contribution in [3.8, 4) is 5.88 Å². The Balaban J connectivity index is 1.95. The molecule has 140 valence electrons. The minimum absolute atomic E-state index is 0.0531. The molecule has 0 saturated carbocycles. The molecule has 0 spiro atoms. The predicted molar refractivity (Wildman–Crippen MR) is 103 cm³/mol. The molecule has 1 aromatic carbocycles. The number of aromatic nitrogens is 3. The summed E-state index contributed by atoms with van der Waals surface area (Å²) >= 11 is 0. The minimum atomic E-state index is -0.714. The van der Waals surface area contributed by atoms with Gasteiger partial charge in [-0.3, -0.25) is 19.0 Å². The maximum Gasteiger partial charge on any atom is 0.306 e. The van der Waals surface area contributed by atoms with Gasteiger partial charge < -0.3 is 9.84 Å². The normalized spacial score (nSPS) is 12.2. The molecule has 0 fully saturated rings. The maximum absolute atomic E-state index is 13.1. The minimum Gasteiger partial charge on any atom is -0.493 e. The fourth-order valence-corrected chi connectivity index (χ4v) is 3.34. The molecule has 0 amide bonds. The van der Waals surface area contributed by atoms with Crippen molar-refractivity contribution in [2.24, 2.45) is 0 Å². The van der Waals surface area contributed by atoms with Crippen LogP contribution in [0.2, 0.25) is 0 Å². The largest absolute Gasteiger partial charge is 0.493 e. The van der Waals surface area contributed by atoms with E-state index >= 15 is 0 Å².